The van der Waals surface area contributed by atoms with Crippen LogP contribution in [0.2, 0.25) is 5.02 Å². The Labute approximate surface area is 93.1 Å². The minimum Gasteiger partial charge on any atom is -0.370 e. The number of benzene rings is 1. The number of nitrogens with two attached hydrogens (primary N) is 1. The van der Waals surface area contributed by atoms with E-state index in [9.17, 15) is 4.39 Å². The van der Waals surface area contributed by atoms with E-state index < -0.39 is 0 Å². The Bertz CT molecular complexity index is 366. The fourth-order valence-electron chi connectivity index (χ4n) is 1.00. The molecular formula is C10H13ClFN3. The summed E-state index contributed by atoms with van der Waals surface area (Å²) in [7, 11) is 0. The molecular weight excluding hydrogens is 217 g/mol. The van der Waals surface area contributed by atoms with Gasteiger partial charge in [0.25, 0.3) is 0 Å². The Morgan fingerprint density at radius 3 is 2.93 bits per heavy atom. The molecule has 0 atom stereocenters. The average Bonchev–Trinajstić information content (AvgIpc) is 2.19. The van der Waals surface area contributed by atoms with Gasteiger partial charge in [0, 0.05) is 6.54 Å². The molecule has 0 bridgehead atoms. The molecule has 15 heavy (non-hydrogen) atoms. The normalized spacial score (nSPS) is 11.5. The largest absolute Gasteiger partial charge is 0.370 e. The van der Waals surface area contributed by atoms with Gasteiger partial charge in [-0.2, -0.15) is 0 Å². The van der Waals surface area contributed by atoms with Gasteiger partial charge in [-0.3, -0.25) is 4.99 Å². The summed E-state index contributed by atoms with van der Waals surface area (Å²) in [5, 5.41) is 3.08. The molecule has 0 heterocycles. The van der Waals surface area contributed by atoms with Crippen molar-refractivity contribution in [1.29, 1.82) is 0 Å². The van der Waals surface area contributed by atoms with Gasteiger partial charge in [-0.1, -0.05) is 18.5 Å². The minimum atomic E-state index is -0.380. The molecule has 0 unspecified atom stereocenters. The first-order chi connectivity index (χ1) is 7.13. The van der Waals surface area contributed by atoms with Crippen LogP contribution in [0.4, 0.5) is 10.1 Å². The Morgan fingerprint density at radius 1 is 1.60 bits per heavy atom. The van der Waals surface area contributed by atoms with Crippen LogP contribution < -0.4 is 11.1 Å². The Hall–Kier alpha value is -1.29. The van der Waals surface area contributed by atoms with Crippen molar-refractivity contribution < 1.29 is 4.39 Å². The number of hydrogen-bond acceptors (Lipinski definition) is 1. The molecule has 3 N–H and O–H groups in total. The Morgan fingerprint density at radius 2 is 2.33 bits per heavy atom. The third-order valence-corrected chi connectivity index (χ3v) is 2.01. The zero-order valence-electron chi connectivity index (χ0n) is 8.43. The molecule has 0 saturated heterocycles. The van der Waals surface area contributed by atoms with E-state index in [2.05, 4.69) is 10.3 Å². The highest BCUT2D eigenvalue weighted by atomic mass is 35.5. The molecule has 1 rings (SSSR count). The summed E-state index contributed by atoms with van der Waals surface area (Å²) >= 11 is 5.79. The lowest BCUT2D eigenvalue weighted by Crippen LogP contribution is -2.23. The van der Waals surface area contributed by atoms with Crippen LogP contribution in [0.3, 0.4) is 0 Å². The van der Waals surface area contributed by atoms with Crippen LogP contribution in [-0.2, 0) is 0 Å². The molecule has 0 aromatic heterocycles. The van der Waals surface area contributed by atoms with Crippen molar-refractivity contribution in [2.24, 2.45) is 10.7 Å². The number of hydrogen-bond donors (Lipinski definition) is 2. The third kappa shape index (κ3) is 3.75. The van der Waals surface area contributed by atoms with Gasteiger partial charge in [-0.05, 0) is 24.6 Å². The van der Waals surface area contributed by atoms with Gasteiger partial charge in [-0.25, -0.2) is 4.39 Å². The van der Waals surface area contributed by atoms with E-state index in [0.29, 0.717) is 12.2 Å². The lowest BCUT2D eigenvalue weighted by molar-refractivity contribution is 0.628. The SMILES string of the molecule is CCCN=C(N)Nc1ccc(F)cc1Cl. The number of rotatable bonds is 3. The number of anilines is 1. The standard InChI is InChI=1S/C10H13ClFN3/c1-2-5-14-10(13)15-9-4-3-7(12)6-8(9)11/h3-4,6H,2,5H2,1H3,(H3,13,14,15). The molecule has 0 fully saturated rings. The van der Waals surface area contributed by atoms with E-state index in [1.165, 1.54) is 18.2 Å². The molecule has 3 nitrogen and oxygen atoms in total. The summed E-state index contributed by atoms with van der Waals surface area (Å²) in [6.07, 6.45) is 0.916. The lowest BCUT2D eigenvalue weighted by Gasteiger charge is -2.07. The van der Waals surface area contributed by atoms with E-state index in [4.69, 9.17) is 17.3 Å². The predicted molar refractivity (Wildman–Crippen MR) is 61.8 cm³/mol. The zero-order valence-corrected chi connectivity index (χ0v) is 9.18. The van der Waals surface area contributed by atoms with Crippen LogP contribution in [0.15, 0.2) is 23.2 Å². The molecule has 82 valence electrons. The van der Waals surface area contributed by atoms with Crippen LogP contribution in [0.1, 0.15) is 13.3 Å². The van der Waals surface area contributed by atoms with Crippen LogP contribution in [0.5, 0.6) is 0 Å². The van der Waals surface area contributed by atoms with E-state index in [1.807, 2.05) is 6.92 Å². The maximum absolute atomic E-state index is 12.7. The molecule has 0 amide bonds. The molecule has 0 saturated carbocycles. The first-order valence-corrected chi connectivity index (χ1v) is 5.03. The lowest BCUT2D eigenvalue weighted by atomic mass is 10.3. The topological polar surface area (TPSA) is 50.4 Å². The van der Waals surface area contributed by atoms with Gasteiger partial charge in [-0.15, -0.1) is 0 Å². The minimum absolute atomic E-state index is 0.282. The van der Waals surface area contributed by atoms with Crippen molar-refractivity contribution in [2.75, 3.05) is 11.9 Å². The highest BCUT2D eigenvalue weighted by molar-refractivity contribution is 6.33. The van der Waals surface area contributed by atoms with Crippen molar-refractivity contribution in [2.45, 2.75) is 13.3 Å². The second-order valence-corrected chi connectivity index (χ2v) is 3.42. The van der Waals surface area contributed by atoms with Crippen molar-refractivity contribution >= 4 is 23.2 Å². The van der Waals surface area contributed by atoms with Crippen molar-refractivity contribution in [3.63, 3.8) is 0 Å². The first kappa shape index (κ1) is 11.8. The molecule has 0 spiro atoms. The molecule has 1 aromatic carbocycles. The van der Waals surface area contributed by atoms with Crippen molar-refractivity contribution in [3.8, 4) is 0 Å². The monoisotopic (exact) mass is 229 g/mol. The van der Waals surface area contributed by atoms with Gasteiger partial charge in [0.2, 0.25) is 0 Å². The summed E-state index contributed by atoms with van der Waals surface area (Å²) in [5.41, 5.74) is 6.14. The number of guanidine groups is 1. The summed E-state index contributed by atoms with van der Waals surface area (Å²) in [6, 6.07) is 4.05. The fraction of sp³-hybridized carbons (Fsp3) is 0.300. The molecule has 0 radical (unpaired) electrons. The number of nitrogens with zero attached hydrogens (tertiary/aromatic N) is 1. The fourth-order valence-corrected chi connectivity index (χ4v) is 1.22. The molecule has 1 aromatic rings. The summed E-state index contributed by atoms with van der Waals surface area (Å²) in [6.45, 7) is 2.65. The quantitative estimate of drug-likeness (QED) is 0.618. The summed E-state index contributed by atoms with van der Waals surface area (Å²) in [4.78, 5) is 4.03. The van der Waals surface area contributed by atoms with Gasteiger partial charge in [0.15, 0.2) is 5.96 Å². The van der Waals surface area contributed by atoms with Gasteiger partial charge < -0.3 is 11.1 Å². The van der Waals surface area contributed by atoms with Crippen LogP contribution in [0.25, 0.3) is 0 Å². The maximum Gasteiger partial charge on any atom is 0.193 e. The van der Waals surface area contributed by atoms with E-state index in [-0.39, 0.29) is 16.8 Å². The predicted octanol–water partition coefficient (Wildman–Crippen LogP) is 2.62. The van der Waals surface area contributed by atoms with Crippen LogP contribution in [-0.4, -0.2) is 12.5 Å². The highest BCUT2D eigenvalue weighted by Gasteiger charge is 2.02. The van der Waals surface area contributed by atoms with Crippen molar-refractivity contribution in [3.05, 3.63) is 29.0 Å². The zero-order chi connectivity index (χ0) is 11.3. The summed E-state index contributed by atoms with van der Waals surface area (Å²) < 4.78 is 12.7. The van der Waals surface area contributed by atoms with Gasteiger partial charge in [0.05, 0.1) is 10.7 Å². The van der Waals surface area contributed by atoms with E-state index >= 15 is 0 Å². The van der Waals surface area contributed by atoms with Crippen LogP contribution >= 0.6 is 11.6 Å². The smallest absolute Gasteiger partial charge is 0.193 e. The molecule has 0 aliphatic heterocycles. The second kappa shape index (κ2) is 5.56. The number of nitrogens with one attached hydrogen (secondary N) is 1. The number of aliphatic imine (C=N–C) groups is 1. The first-order valence-electron chi connectivity index (χ1n) is 4.65. The maximum atomic E-state index is 12.7. The third-order valence-electron chi connectivity index (χ3n) is 1.70. The van der Waals surface area contributed by atoms with E-state index in [0.717, 1.165) is 6.42 Å². The van der Waals surface area contributed by atoms with Crippen molar-refractivity contribution in [1.82, 2.24) is 0 Å². The van der Waals surface area contributed by atoms with E-state index in [1.54, 1.807) is 0 Å². The van der Waals surface area contributed by atoms with Gasteiger partial charge in [0.1, 0.15) is 5.82 Å². The number of halogens is 2. The molecule has 0 aliphatic carbocycles. The Kier molecular flexibility index (Phi) is 4.37. The average molecular weight is 230 g/mol. The molecule has 0 aliphatic rings. The van der Waals surface area contributed by atoms with Crippen LogP contribution in [0, 0.1) is 5.82 Å². The van der Waals surface area contributed by atoms with Gasteiger partial charge >= 0.3 is 0 Å². The Balaban J connectivity index is 2.72. The summed E-state index contributed by atoms with van der Waals surface area (Å²) in [5.74, 6) is -0.0972. The second-order valence-electron chi connectivity index (χ2n) is 3.02. The highest BCUT2D eigenvalue weighted by Crippen LogP contribution is 2.21. The molecule has 5 heteroatoms.